The van der Waals surface area contributed by atoms with Gasteiger partial charge in [0.25, 0.3) is 5.91 Å². The molecule has 1 saturated heterocycles. The summed E-state index contributed by atoms with van der Waals surface area (Å²) in [5, 5.41) is 0.893. The van der Waals surface area contributed by atoms with E-state index in [0.717, 1.165) is 0 Å². The lowest BCUT2D eigenvalue weighted by Crippen LogP contribution is -2.61. The van der Waals surface area contributed by atoms with Crippen molar-refractivity contribution in [2.45, 2.75) is 25.6 Å². The molecule has 1 aliphatic heterocycles. The number of halogens is 4. The van der Waals surface area contributed by atoms with Crippen LogP contribution in [0.5, 0.6) is 0 Å². The lowest BCUT2D eigenvalue weighted by Gasteiger charge is -2.45. The molecule has 0 spiro atoms. The molecule has 1 amide bonds. The van der Waals surface area contributed by atoms with Crippen LogP contribution in [-0.2, 0) is 14.4 Å². The number of benzene rings is 1. The van der Waals surface area contributed by atoms with Gasteiger partial charge in [-0.2, -0.15) is 18.2 Å². The monoisotopic (exact) mass is 350 g/mol. The highest BCUT2D eigenvalue weighted by Crippen LogP contribution is 2.40. The Labute approximate surface area is 135 Å². The Hall–Kier alpha value is -1.80. The smallest absolute Gasteiger partial charge is 0.330 e. The summed E-state index contributed by atoms with van der Waals surface area (Å²) in [5.74, 6) is -3.14. The van der Waals surface area contributed by atoms with Crippen LogP contribution in [0.25, 0.3) is 0 Å². The molecule has 9 heteroatoms. The van der Waals surface area contributed by atoms with Gasteiger partial charge in [-0.15, -0.1) is 0 Å². The van der Waals surface area contributed by atoms with Gasteiger partial charge in [0.15, 0.2) is 0 Å². The van der Waals surface area contributed by atoms with Crippen LogP contribution in [0.15, 0.2) is 24.3 Å². The topological polar surface area (TPSA) is 72.6 Å². The summed E-state index contributed by atoms with van der Waals surface area (Å²) in [4.78, 5) is 26.7. The molecule has 1 aromatic carbocycles. The fourth-order valence-corrected chi connectivity index (χ4v) is 2.58. The normalized spacial score (nSPS) is 22.5. The summed E-state index contributed by atoms with van der Waals surface area (Å²) >= 11 is 5.87. The van der Waals surface area contributed by atoms with Gasteiger partial charge in [0.1, 0.15) is 0 Å². The Balaban J connectivity index is 1.97. The van der Waals surface area contributed by atoms with E-state index >= 15 is 0 Å². The van der Waals surface area contributed by atoms with Crippen LogP contribution in [-0.4, -0.2) is 29.7 Å². The maximum Gasteiger partial charge on any atom is 0.493 e. The van der Waals surface area contributed by atoms with Crippen molar-refractivity contribution in [1.82, 2.24) is 5.06 Å². The van der Waals surface area contributed by atoms with Gasteiger partial charge in [-0.1, -0.05) is 23.7 Å². The fourth-order valence-electron chi connectivity index (χ4n) is 2.38. The van der Waals surface area contributed by atoms with Gasteiger partial charge < -0.3 is 10.6 Å². The maximum atomic E-state index is 12.1. The SMILES string of the molecule is CC1(CC(N)c2cccc(Cl)c2)CN(OC(=O)C(F)(F)F)C1=O. The number of nitrogens with zero attached hydrogens (tertiary/aromatic N) is 1. The first-order valence-electron chi connectivity index (χ1n) is 6.65. The zero-order chi connectivity index (χ0) is 17.4. The zero-order valence-corrected chi connectivity index (χ0v) is 12.8. The maximum absolute atomic E-state index is 12.1. The molecule has 126 valence electrons. The van der Waals surface area contributed by atoms with Crippen molar-refractivity contribution in [3.05, 3.63) is 34.9 Å². The summed E-state index contributed by atoms with van der Waals surface area (Å²) in [6, 6.07) is 6.25. The molecule has 1 fully saturated rings. The van der Waals surface area contributed by atoms with Crippen LogP contribution in [0, 0.1) is 5.41 Å². The second-order valence-corrected chi connectivity index (χ2v) is 6.08. The number of rotatable bonds is 4. The number of hydrogen-bond acceptors (Lipinski definition) is 4. The molecule has 2 unspecified atom stereocenters. The third-order valence-corrected chi connectivity index (χ3v) is 3.84. The zero-order valence-electron chi connectivity index (χ0n) is 12.1. The number of hydroxylamine groups is 2. The predicted octanol–water partition coefficient (Wildman–Crippen LogP) is 2.60. The van der Waals surface area contributed by atoms with Crippen LogP contribution >= 0.6 is 11.6 Å². The Kier molecular flexibility index (Phi) is 4.59. The highest BCUT2D eigenvalue weighted by atomic mass is 35.5. The van der Waals surface area contributed by atoms with E-state index in [-0.39, 0.29) is 13.0 Å². The van der Waals surface area contributed by atoms with Gasteiger partial charge in [0, 0.05) is 11.1 Å². The minimum Gasteiger partial charge on any atom is -0.330 e. The van der Waals surface area contributed by atoms with Crippen molar-refractivity contribution in [2.24, 2.45) is 11.1 Å². The molecule has 0 radical (unpaired) electrons. The molecule has 23 heavy (non-hydrogen) atoms. The summed E-state index contributed by atoms with van der Waals surface area (Å²) in [6.45, 7) is 1.40. The van der Waals surface area contributed by atoms with E-state index in [2.05, 4.69) is 4.84 Å². The summed E-state index contributed by atoms with van der Waals surface area (Å²) < 4.78 is 36.3. The molecule has 2 rings (SSSR count). The first-order chi connectivity index (χ1) is 10.5. The number of alkyl halides is 3. The van der Waals surface area contributed by atoms with E-state index in [1.54, 1.807) is 31.2 Å². The van der Waals surface area contributed by atoms with Crippen LogP contribution in [0.4, 0.5) is 13.2 Å². The molecule has 5 nitrogen and oxygen atoms in total. The van der Waals surface area contributed by atoms with Crippen molar-refractivity contribution in [2.75, 3.05) is 6.54 Å². The third-order valence-electron chi connectivity index (χ3n) is 3.61. The number of carbonyl (C=O) groups excluding carboxylic acids is 2. The molecule has 1 heterocycles. The number of nitrogens with two attached hydrogens (primary N) is 1. The van der Waals surface area contributed by atoms with Gasteiger partial charge >= 0.3 is 12.1 Å². The average Bonchev–Trinajstić information content (AvgIpc) is 2.45. The molecule has 1 aliphatic rings. The Bertz CT molecular complexity index is 638. The minimum absolute atomic E-state index is 0.151. The van der Waals surface area contributed by atoms with Crippen LogP contribution < -0.4 is 5.73 Å². The molecule has 1 aromatic rings. The molecule has 0 aromatic heterocycles. The Morgan fingerprint density at radius 1 is 1.52 bits per heavy atom. The highest BCUT2D eigenvalue weighted by Gasteiger charge is 2.54. The van der Waals surface area contributed by atoms with E-state index in [1.165, 1.54) is 0 Å². The predicted molar refractivity (Wildman–Crippen MR) is 75.0 cm³/mol. The number of amides is 1. The number of carbonyl (C=O) groups is 2. The van der Waals surface area contributed by atoms with Crippen molar-refractivity contribution in [3.8, 4) is 0 Å². The third kappa shape index (κ3) is 3.76. The summed E-state index contributed by atoms with van der Waals surface area (Å²) in [6.07, 6.45) is -4.96. The second-order valence-electron chi connectivity index (χ2n) is 5.64. The molecule has 0 aliphatic carbocycles. The first kappa shape index (κ1) is 17.6. The fraction of sp³-hybridized carbons (Fsp3) is 0.429. The molecular weight excluding hydrogens is 337 g/mol. The van der Waals surface area contributed by atoms with Crippen molar-refractivity contribution in [1.29, 1.82) is 0 Å². The van der Waals surface area contributed by atoms with Gasteiger partial charge in [-0.25, -0.2) is 4.79 Å². The van der Waals surface area contributed by atoms with E-state index in [4.69, 9.17) is 17.3 Å². The highest BCUT2D eigenvalue weighted by molar-refractivity contribution is 6.30. The Morgan fingerprint density at radius 3 is 2.70 bits per heavy atom. The van der Waals surface area contributed by atoms with E-state index in [9.17, 15) is 22.8 Å². The van der Waals surface area contributed by atoms with Crippen molar-refractivity contribution >= 4 is 23.5 Å². The van der Waals surface area contributed by atoms with Crippen LogP contribution in [0.1, 0.15) is 24.9 Å². The number of β-lactam (4-membered cyclic amide) rings is 1. The lowest BCUT2D eigenvalue weighted by atomic mass is 9.76. The minimum atomic E-state index is -5.15. The van der Waals surface area contributed by atoms with Crippen LogP contribution in [0.2, 0.25) is 5.02 Å². The second kappa shape index (κ2) is 6.01. The largest absolute Gasteiger partial charge is 0.493 e. The van der Waals surface area contributed by atoms with Gasteiger partial charge in [-0.05, 0) is 31.0 Å². The molecule has 2 atom stereocenters. The molecule has 0 saturated carbocycles. The Morgan fingerprint density at radius 2 is 2.17 bits per heavy atom. The van der Waals surface area contributed by atoms with E-state index < -0.39 is 29.5 Å². The first-order valence-corrected chi connectivity index (χ1v) is 7.03. The van der Waals surface area contributed by atoms with Crippen molar-refractivity contribution in [3.63, 3.8) is 0 Å². The summed E-state index contributed by atoms with van der Waals surface area (Å²) in [7, 11) is 0. The van der Waals surface area contributed by atoms with Crippen molar-refractivity contribution < 1.29 is 27.6 Å². The summed E-state index contributed by atoms with van der Waals surface area (Å²) in [5.41, 5.74) is 5.73. The number of hydrogen-bond donors (Lipinski definition) is 1. The standard InChI is InChI=1S/C14H14ClF3N2O3/c1-13(6-10(19)8-3-2-4-9(15)5-8)7-20(11(13)21)23-12(22)14(16,17)18/h2-5,10H,6-7,19H2,1H3. The van der Waals surface area contributed by atoms with E-state index in [0.29, 0.717) is 15.6 Å². The van der Waals surface area contributed by atoms with E-state index in [1.807, 2.05) is 0 Å². The molecular formula is C14H14ClF3N2O3. The van der Waals surface area contributed by atoms with Gasteiger partial charge in [-0.3, -0.25) is 4.79 Å². The van der Waals surface area contributed by atoms with Gasteiger partial charge in [0.2, 0.25) is 0 Å². The molecule has 2 N–H and O–H groups in total. The average molecular weight is 351 g/mol. The molecule has 0 bridgehead atoms. The van der Waals surface area contributed by atoms with Crippen LogP contribution in [0.3, 0.4) is 0 Å². The lowest BCUT2D eigenvalue weighted by molar-refractivity contribution is -0.260. The quantitative estimate of drug-likeness (QED) is 0.847. The van der Waals surface area contributed by atoms with Gasteiger partial charge in [0.05, 0.1) is 12.0 Å².